The summed E-state index contributed by atoms with van der Waals surface area (Å²) in [4.78, 5) is 0.209. The number of halogens is 2. The van der Waals surface area contributed by atoms with Crippen LogP contribution in [-0.4, -0.2) is 31.9 Å². The van der Waals surface area contributed by atoms with E-state index in [1.807, 2.05) is 6.92 Å². The van der Waals surface area contributed by atoms with E-state index in [1.165, 1.54) is 22.5 Å². The van der Waals surface area contributed by atoms with Crippen LogP contribution >= 0.6 is 11.6 Å². The molecule has 1 fully saturated rings. The molecule has 1 aliphatic rings. The van der Waals surface area contributed by atoms with Crippen molar-refractivity contribution in [2.75, 3.05) is 13.1 Å². The van der Waals surface area contributed by atoms with Gasteiger partial charge >= 0.3 is 0 Å². The predicted molar refractivity (Wildman–Crippen MR) is 95.0 cm³/mol. The van der Waals surface area contributed by atoms with E-state index in [-0.39, 0.29) is 16.8 Å². The van der Waals surface area contributed by atoms with Gasteiger partial charge < -0.3 is 4.74 Å². The Morgan fingerprint density at radius 1 is 1.12 bits per heavy atom. The summed E-state index contributed by atoms with van der Waals surface area (Å²) < 4.78 is 45.7. The van der Waals surface area contributed by atoms with Crippen molar-refractivity contribution >= 4 is 21.6 Å². The molecule has 7 heteroatoms. The van der Waals surface area contributed by atoms with Crippen molar-refractivity contribution in [3.8, 4) is 5.75 Å². The van der Waals surface area contributed by atoms with E-state index in [2.05, 4.69) is 0 Å². The number of hydrogen-bond acceptors (Lipinski definition) is 3. The standard InChI is InChI=1S/C18H19ClFNO3S/c1-13-2-7-17(12-18(13)19)25(22,23)21-10-8-16(9-11-21)24-15-5-3-14(20)4-6-15/h2-7,12,16H,8-11H2,1H3. The molecule has 25 heavy (non-hydrogen) atoms. The summed E-state index contributed by atoms with van der Waals surface area (Å²) in [5.41, 5.74) is 0.840. The van der Waals surface area contributed by atoms with Crippen LogP contribution in [-0.2, 0) is 10.0 Å². The van der Waals surface area contributed by atoms with Gasteiger partial charge in [-0.2, -0.15) is 4.31 Å². The second-order valence-corrected chi connectivity index (χ2v) is 8.43. The van der Waals surface area contributed by atoms with Gasteiger partial charge in [0.1, 0.15) is 17.7 Å². The van der Waals surface area contributed by atoms with Crippen LogP contribution in [0.1, 0.15) is 18.4 Å². The monoisotopic (exact) mass is 383 g/mol. The summed E-state index contributed by atoms with van der Waals surface area (Å²) in [5, 5.41) is 0.440. The molecular weight excluding hydrogens is 365 g/mol. The van der Waals surface area contributed by atoms with Crippen molar-refractivity contribution in [3.63, 3.8) is 0 Å². The van der Waals surface area contributed by atoms with Crippen LogP contribution < -0.4 is 4.74 Å². The lowest BCUT2D eigenvalue weighted by molar-refractivity contribution is 0.135. The molecule has 0 bridgehead atoms. The van der Waals surface area contributed by atoms with Crippen molar-refractivity contribution in [2.45, 2.75) is 30.8 Å². The largest absolute Gasteiger partial charge is 0.490 e. The SMILES string of the molecule is Cc1ccc(S(=O)(=O)N2CCC(Oc3ccc(F)cc3)CC2)cc1Cl. The minimum Gasteiger partial charge on any atom is -0.490 e. The molecule has 2 aromatic rings. The molecule has 1 heterocycles. The molecule has 0 saturated carbocycles. The first kappa shape index (κ1) is 18.2. The zero-order valence-electron chi connectivity index (χ0n) is 13.8. The summed E-state index contributed by atoms with van der Waals surface area (Å²) in [7, 11) is -3.56. The molecule has 3 rings (SSSR count). The maximum absolute atomic E-state index is 12.9. The molecule has 0 amide bonds. The van der Waals surface area contributed by atoms with Gasteiger partial charge in [-0.3, -0.25) is 0 Å². The van der Waals surface area contributed by atoms with E-state index in [4.69, 9.17) is 16.3 Å². The van der Waals surface area contributed by atoms with Crippen LogP contribution in [0.3, 0.4) is 0 Å². The quantitative estimate of drug-likeness (QED) is 0.801. The number of rotatable bonds is 4. The first-order valence-corrected chi connectivity index (χ1v) is 9.86. The predicted octanol–water partition coefficient (Wildman–Crippen LogP) is 4.02. The molecule has 2 aromatic carbocycles. The highest BCUT2D eigenvalue weighted by atomic mass is 35.5. The lowest BCUT2D eigenvalue weighted by Gasteiger charge is -2.31. The average Bonchev–Trinajstić information content (AvgIpc) is 2.60. The van der Waals surface area contributed by atoms with E-state index in [9.17, 15) is 12.8 Å². The third kappa shape index (κ3) is 4.14. The van der Waals surface area contributed by atoms with E-state index >= 15 is 0 Å². The second-order valence-electron chi connectivity index (χ2n) is 6.09. The van der Waals surface area contributed by atoms with Gasteiger partial charge in [-0.15, -0.1) is 0 Å². The Morgan fingerprint density at radius 2 is 1.76 bits per heavy atom. The zero-order chi connectivity index (χ0) is 18.0. The fourth-order valence-electron chi connectivity index (χ4n) is 2.78. The Bertz CT molecular complexity index is 847. The molecule has 0 radical (unpaired) electrons. The summed E-state index contributed by atoms with van der Waals surface area (Å²) >= 11 is 6.05. The summed E-state index contributed by atoms with van der Waals surface area (Å²) in [5.74, 6) is 0.276. The first-order valence-electron chi connectivity index (χ1n) is 8.05. The number of hydrogen-bond donors (Lipinski definition) is 0. The van der Waals surface area contributed by atoms with Crippen LogP contribution in [0.5, 0.6) is 5.75 Å². The number of aryl methyl sites for hydroxylation is 1. The van der Waals surface area contributed by atoms with Gasteiger partial charge in [0.15, 0.2) is 0 Å². The fraction of sp³-hybridized carbons (Fsp3) is 0.333. The van der Waals surface area contributed by atoms with Crippen molar-refractivity contribution in [1.29, 1.82) is 0 Å². The summed E-state index contributed by atoms with van der Waals surface area (Å²) in [6, 6.07) is 10.6. The third-order valence-corrected chi connectivity index (χ3v) is 6.60. The smallest absolute Gasteiger partial charge is 0.243 e. The Morgan fingerprint density at radius 3 is 2.36 bits per heavy atom. The van der Waals surface area contributed by atoms with Crippen molar-refractivity contribution < 1.29 is 17.5 Å². The Hall–Kier alpha value is -1.63. The Kier molecular flexibility index (Phi) is 5.32. The van der Waals surface area contributed by atoms with Crippen LogP contribution in [0.2, 0.25) is 5.02 Å². The minimum absolute atomic E-state index is 0.0847. The van der Waals surface area contributed by atoms with Crippen LogP contribution in [0.15, 0.2) is 47.4 Å². The van der Waals surface area contributed by atoms with Gasteiger partial charge in [0.05, 0.1) is 4.90 Å². The van der Waals surface area contributed by atoms with Crippen LogP contribution in [0.25, 0.3) is 0 Å². The number of piperidine rings is 1. The molecule has 0 aliphatic carbocycles. The molecule has 1 saturated heterocycles. The van der Waals surface area contributed by atoms with Gasteiger partial charge in [0.2, 0.25) is 10.0 Å². The molecule has 0 atom stereocenters. The van der Waals surface area contributed by atoms with E-state index in [1.54, 1.807) is 24.3 Å². The third-order valence-electron chi connectivity index (χ3n) is 4.30. The Balaban J connectivity index is 1.64. The van der Waals surface area contributed by atoms with Gasteiger partial charge in [-0.25, -0.2) is 12.8 Å². The highest BCUT2D eigenvalue weighted by Gasteiger charge is 2.30. The Labute approximate surface area is 152 Å². The minimum atomic E-state index is -3.56. The molecule has 4 nitrogen and oxygen atoms in total. The van der Waals surface area contributed by atoms with E-state index < -0.39 is 10.0 Å². The highest BCUT2D eigenvalue weighted by molar-refractivity contribution is 7.89. The second kappa shape index (κ2) is 7.32. The fourth-order valence-corrected chi connectivity index (χ4v) is 4.52. The summed E-state index contributed by atoms with van der Waals surface area (Å²) in [6.45, 7) is 2.58. The van der Waals surface area contributed by atoms with Gasteiger partial charge in [-0.1, -0.05) is 17.7 Å². The molecule has 0 N–H and O–H groups in total. The average molecular weight is 384 g/mol. The molecule has 1 aliphatic heterocycles. The molecule has 134 valence electrons. The van der Waals surface area contributed by atoms with E-state index in [0.717, 1.165) is 5.56 Å². The number of benzene rings is 2. The van der Waals surface area contributed by atoms with Crippen molar-refractivity contribution in [1.82, 2.24) is 4.31 Å². The van der Waals surface area contributed by atoms with Gasteiger partial charge in [-0.05, 0) is 61.7 Å². The normalized spacial score (nSPS) is 16.8. The van der Waals surface area contributed by atoms with Crippen molar-refractivity contribution in [3.05, 3.63) is 58.9 Å². The van der Waals surface area contributed by atoms with Gasteiger partial charge in [0, 0.05) is 18.1 Å². The molecule has 0 aromatic heterocycles. The maximum Gasteiger partial charge on any atom is 0.243 e. The summed E-state index contributed by atoms with van der Waals surface area (Å²) in [6.07, 6.45) is 1.07. The number of ether oxygens (including phenoxy) is 1. The lowest BCUT2D eigenvalue weighted by Crippen LogP contribution is -2.41. The topological polar surface area (TPSA) is 46.6 Å². The van der Waals surface area contributed by atoms with E-state index in [0.29, 0.717) is 36.7 Å². The van der Waals surface area contributed by atoms with Crippen molar-refractivity contribution in [2.24, 2.45) is 0 Å². The molecule has 0 spiro atoms. The lowest BCUT2D eigenvalue weighted by atomic mass is 10.1. The first-order chi connectivity index (χ1) is 11.9. The van der Waals surface area contributed by atoms with Crippen LogP contribution in [0, 0.1) is 12.7 Å². The highest BCUT2D eigenvalue weighted by Crippen LogP contribution is 2.26. The maximum atomic E-state index is 12.9. The van der Waals surface area contributed by atoms with Gasteiger partial charge in [0.25, 0.3) is 0 Å². The number of sulfonamides is 1. The molecule has 0 unspecified atom stereocenters. The zero-order valence-corrected chi connectivity index (χ0v) is 15.4. The number of nitrogens with zero attached hydrogens (tertiary/aromatic N) is 1. The molecular formula is C18H19ClFNO3S. The van der Waals surface area contributed by atoms with Crippen LogP contribution in [0.4, 0.5) is 4.39 Å².